The van der Waals surface area contributed by atoms with Crippen LogP contribution in [0.3, 0.4) is 0 Å². The Labute approximate surface area is 73.0 Å². The van der Waals surface area contributed by atoms with Crippen molar-refractivity contribution < 1.29 is 13.5 Å². The third-order valence-corrected chi connectivity index (χ3v) is 3.80. The minimum atomic E-state index is -3.23. The first kappa shape index (κ1) is 9.95. The number of rotatable bonds is 4. The van der Waals surface area contributed by atoms with Crippen molar-refractivity contribution in [1.29, 1.82) is 0 Å². The molecule has 0 bridgehead atoms. The summed E-state index contributed by atoms with van der Waals surface area (Å²) in [5, 5.41) is 8.99. The summed E-state index contributed by atoms with van der Waals surface area (Å²) in [6, 6.07) is 0. The summed E-state index contributed by atoms with van der Waals surface area (Å²) < 4.78 is 24.7. The Bertz CT molecular complexity index is 243. The van der Waals surface area contributed by atoms with E-state index in [1.807, 2.05) is 0 Å². The summed E-state index contributed by atoms with van der Waals surface area (Å²) in [4.78, 5) is 0. The molecule has 1 aliphatic carbocycles. The molecular weight excluding hydrogens is 178 g/mol. The van der Waals surface area contributed by atoms with Gasteiger partial charge >= 0.3 is 0 Å². The number of nitrogens with one attached hydrogen (secondary N) is 1. The Kier molecular flexibility index (Phi) is 2.75. The summed E-state index contributed by atoms with van der Waals surface area (Å²) >= 11 is 0. The molecule has 0 aliphatic heterocycles. The Morgan fingerprint density at radius 1 is 1.42 bits per heavy atom. The normalized spacial score (nSPS) is 21.3. The van der Waals surface area contributed by atoms with Crippen molar-refractivity contribution in [3.8, 4) is 0 Å². The largest absolute Gasteiger partial charge is 0.377 e. The van der Waals surface area contributed by atoms with E-state index in [2.05, 4.69) is 4.72 Å². The van der Waals surface area contributed by atoms with Gasteiger partial charge in [-0.2, -0.15) is 4.72 Å². The van der Waals surface area contributed by atoms with Crippen LogP contribution in [0.15, 0.2) is 0 Å². The second-order valence-corrected chi connectivity index (χ2v) is 5.54. The number of hydrogen-bond acceptors (Lipinski definition) is 3. The van der Waals surface area contributed by atoms with E-state index < -0.39 is 16.3 Å². The van der Waals surface area contributed by atoms with Crippen LogP contribution < -0.4 is 4.72 Å². The molecule has 2 N–H and O–H groups in total. The van der Waals surface area contributed by atoms with E-state index in [-0.39, 0.29) is 11.2 Å². The monoisotopic (exact) mass is 193 g/mol. The van der Waals surface area contributed by atoms with Gasteiger partial charge < -0.3 is 5.11 Å². The Morgan fingerprint density at radius 3 is 2.25 bits per heavy atom. The lowest BCUT2D eigenvalue weighted by atomic mass is 10.2. The zero-order valence-electron chi connectivity index (χ0n) is 7.32. The van der Waals surface area contributed by atoms with Crippen molar-refractivity contribution in [3.05, 3.63) is 0 Å². The Morgan fingerprint density at radius 2 is 1.92 bits per heavy atom. The highest BCUT2D eigenvalue weighted by atomic mass is 32.2. The molecule has 72 valence electrons. The van der Waals surface area contributed by atoms with Gasteiger partial charge in [0.1, 0.15) is 6.23 Å². The van der Waals surface area contributed by atoms with Gasteiger partial charge in [0.15, 0.2) is 0 Å². The highest BCUT2D eigenvalue weighted by Crippen LogP contribution is 2.27. The predicted octanol–water partition coefficient (Wildman–Crippen LogP) is 0.0426. The van der Waals surface area contributed by atoms with Crippen LogP contribution in [0.2, 0.25) is 0 Å². The molecule has 1 unspecified atom stereocenters. The summed E-state index contributed by atoms with van der Waals surface area (Å²) in [5.41, 5.74) is 0. The lowest BCUT2D eigenvalue weighted by Crippen LogP contribution is -2.39. The van der Waals surface area contributed by atoms with Crippen LogP contribution in [-0.2, 0) is 10.0 Å². The van der Waals surface area contributed by atoms with Gasteiger partial charge in [-0.1, -0.05) is 13.8 Å². The molecule has 1 atom stereocenters. The number of aliphatic hydroxyl groups is 1. The molecule has 0 heterocycles. The number of sulfonamides is 1. The third-order valence-electron chi connectivity index (χ3n) is 1.88. The van der Waals surface area contributed by atoms with E-state index >= 15 is 0 Å². The fraction of sp³-hybridized carbons (Fsp3) is 1.00. The molecule has 0 radical (unpaired) electrons. The van der Waals surface area contributed by atoms with Gasteiger partial charge in [-0.15, -0.1) is 0 Å². The van der Waals surface area contributed by atoms with Gasteiger partial charge in [0.2, 0.25) is 10.0 Å². The maximum atomic E-state index is 11.2. The Balaban J connectivity index is 2.49. The first-order valence-corrected chi connectivity index (χ1v) is 5.67. The molecule has 0 aromatic heterocycles. The SMILES string of the molecule is CC(C)C(O)NS(=O)(=O)C1CC1. The van der Waals surface area contributed by atoms with Crippen LogP contribution >= 0.6 is 0 Å². The van der Waals surface area contributed by atoms with E-state index in [0.717, 1.165) is 12.8 Å². The van der Waals surface area contributed by atoms with Crippen LogP contribution in [0.4, 0.5) is 0 Å². The highest BCUT2D eigenvalue weighted by molar-refractivity contribution is 7.90. The van der Waals surface area contributed by atoms with E-state index in [4.69, 9.17) is 0 Å². The van der Waals surface area contributed by atoms with Gasteiger partial charge in [0.05, 0.1) is 5.25 Å². The minimum Gasteiger partial charge on any atom is -0.377 e. The minimum absolute atomic E-state index is 0.0847. The lowest BCUT2D eigenvalue weighted by molar-refractivity contribution is 0.114. The van der Waals surface area contributed by atoms with Crippen molar-refractivity contribution in [1.82, 2.24) is 4.72 Å². The summed E-state index contributed by atoms with van der Waals surface area (Å²) in [7, 11) is -3.23. The van der Waals surface area contributed by atoms with Crippen LogP contribution in [0, 0.1) is 5.92 Å². The second kappa shape index (κ2) is 3.32. The van der Waals surface area contributed by atoms with Crippen LogP contribution in [-0.4, -0.2) is 25.0 Å². The van der Waals surface area contributed by atoms with Crippen LogP contribution in [0.1, 0.15) is 26.7 Å². The molecule has 1 saturated carbocycles. The molecule has 5 heteroatoms. The fourth-order valence-corrected chi connectivity index (χ4v) is 2.34. The Hall–Kier alpha value is -0.130. The maximum Gasteiger partial charge on any atom is 0.216 e. The highest BCUT2D eigenvalue weighted by Gasteiger charge is 2.36. The van der Waals surface area contributed by atoms with Gasteiger partial charge in [-0.3, -0.25) is 0 Å². The summed E-state index contributed by atoms with van der Waals surface area (Å²) in [6.45, 7) is 3.53. The summed E-state index contributed by atoms with van der Waals surface area (Å²) in [6.07, 6.45) is 0.496. The molecule has 1 fully saturated rings. The molecular formula is C7H15NO3S. The molecule has 4 nitrogen and oxygen atoms in total. The molecule has 0 aromatic rings. The number of hydrogen-bond donors (Lipinski definition) is 2. The zero-order chi connectivity index (χ0) is 9.35. The van der Waals surface area contributed by atoms with Gasteiger partial charge in [-0.25, -0.2) is 8.42 Å². The first-order valence-electron chi connectivity index (χ1n) is 4.12. The van der Waals surface area contributed by atoms with Crippen LogP contribution in [0.25, 0.3) is 0 Å². The van der Waals surface area contributed by atoms with Crippen molar-refractivity contribution >= 4 is 10.0 Å². The molecule has 0 amide bonds. The average Bonchev–Trinajstić information content (AvgIpc) is 2.65. The first-order chi connectivity index (χ1) is 5.43. The van der Waals surface area contributed by atoms with Crippen LogP contribution in [0.5, 0.6) is 0 Å². The predicted molar refractivity (Wildman–Crippen MR) is 45.9 cm³/mol. The quantitative estimate of drug-likeness (QED) is 0.620. The topological polar surface area (TPSA) is 66.4 Å². The summed E-state index contributed by atoms with van der Waals surface area (Å²) in [5.74, 6) is -0.0847. The standard InChI is InChI=1S/C7H15NO3S/c1-5(2)7(9)8-12(10,11)6-3-4-6/h5-9H,3-4H2,1-2H3. The molecule has 0 saturated heterocycles. The van der Waals surface area contributed by atoms with Gasteiger partial charge in [-0.05, 0) is 18.8 Å². The lowest BCUT2D eigenvalue weighted by Gasteiger charge is -2.15. The van der Waals surface area contributed by atoms with Gasteiger partial charge in [0, 0.05) is 0 Å². The second-order valence-electron chi connectivity index (χ2n) is 3.55. The van der Waals surface area contributed by atoms with Gasteiger partial charge in [0.25, 0.3) is 0 Å². The molecule has 1 aliphatic rings. The molecule has 0 spiro atoms. The van der Waals surface area contributed by atoms with E-state index in [1.165, 1.54) is 0 Å². The van der Waals surface area contributed by atoms with Crippen molar-refractivity contribution in [2.75, 3.05) is 0 Å². The van der Waals surface area contributed by atoms with E-state index in [1.54, 1.807) is 13.8 Å². The van der Waals surface area contributed by atoms with Crippen molar-refractivity contribution in [2.45, 2.75) is 38.2 Å². The third kappa shape index (κ3) is 2.43. The molecule has 12 heavy (non-hydrogen) atoms. The smallest absolute Gasteiger partial charge is 0.216 e. The maximum absolute atomic E-state index is 11.2. The van der Waals surface area contributed by atoms with E-state index in [0.29, 0.717) is 0 Å². The van der Waals surface area contributed by atoms with Crippen molar-refractivity contribution in [3.63, 3.8) is 0 Å². The van der Waals surface area contributed by atoms with Crippen molar-refractivity contribution in [2.24, 2.45) is 5.92 Å². The van der Waals surface area contributed by atoms with E-state index in [9.17, 15) is 13.5 Å². The fourth-order valence-electron chi connectivity index (χ4n) is 0.779. The average molecular weight is 193 g/mol. The molecule has 0 aromatic carbocycles. The number of aliphatic hydroxyl groups excluding tert-OH is 1. The molecule has 1 rings (SSSR count). The zero-order valence-corrected chi connectivity index (χ0v) is 8.13.